The molecule has 1 amide bonds. The van der Waals surface area contributed by atoms with Crippen molar-refractivity contribution in [2.75, 3.05) is 0 Å². The fraction of sp³-hybridized carbons (Fsp3) is 0.556. The second kappa shape index (κ2) is 6.95. The van der Waals surface area contributed by atoms with Gasteiger partial charge < -0.3 is 9.88 Å². The predicted octanol–water partition coefficient (Wildman–Crippen LogP) is 3.64. The van der Waals surface area contributed by atoms with Crippen LogP contribution in [0.15, 0.2) is 24.3 Å². The van der Waals surface area contributed by atoms with E-state index in [1.807, 2.05) is 18.2 Å². The van der Waals surface area contributed by atoms with Crippen LogP contribution in [0.4, 0.5) is 0 Å². The number of imidazole rings is 1. The third kappa shape index (κ3) is 3.32. The number of carbonyl (C=O) groups is 1. The Balaban J connectivity index is 1.57. The van der Waals surface area contributed by atoms with E-state index in [2.05, 4.69) is 27.9 Å². The van der Waals surface area contributed by atoms with Crippen LogP contribution in [0.25, 0.3) is 11.0 Å². The molecule has 0 spiro atoms. The highest BCUT2D eigenvalue weighted by Gasteiger charge is 2.16. The SMILES string of the molecule is CCn1c(CNC(=O)CCC2CCCC2)nc2ccccc21. The number of nitrogens with zero attached hydrogens (tertiary/aromatic N) is 2. The third-order valence-electron chi connectivity index (χ3n) is 4.75. The van der Waals surface area contributed by atoms with Gasteiger partial charge in [-0.25, -0.2) is 4.98 Å². The summed E-state index contributed by atoms with van der Waals surface area (Å²) in [6, 6.07) is 8.13. The molecular formula is C18H25N3O. The van der Waals surface area contributed by atoms with Gasteiger partial charge in [-0.15, -0.1) is 0 Å². The van der Waals surface area contributed by atoms with Crippen molar-refractivity contribution >= 4 is 16.9 Å². The van der Waals surface area contributed by atoms with E-state index < -0.39 is 0 Å². The van der Waals surface area contributed by atoms with E-state index in [1.165, 1.54) is 25.7 Å². The second-order valence-electron chi connectivity index (χ2n) is 6.23. The van der Waals surface area contributed by atoms with Crippen molar-refractivity contribution in [1.82, 2.24) is 14.9 Å². The average molecular weight is 299 g/mol. The minimum absolute atomic E-state index is 0.154. The van der Waals surface area contributed by atoms with Crippen LogP contribution in [0.1, 0.15) is 51.3 Å². The van der Waals surface area contributed by atoms with Crippen LogP contribution >= 0.6 is 0 Å². The van der Waals surface area contributed by atoms with Crippen LogP contribution in [0.5, 0.6) is 0 Å². The average Bonchev–Trinajstić information content (AvgIpc) is 3.17. The number of aryl methyl sites for hydroxylation is 1. The summed E-state index contributed by atoms with van der Waals surface area (Å²) in [6.07, 6.45) is 6.98. The molecule has 1 heterocycles. The minimum atomic E-state index is 0.154. The summed E-state index contributed by atoms with van der Waals surface area (Å²) < 4.78 is 2.17. The van der Waals surface area contributed by atoms with Gasteiger partial charge in [-0.2, -0.15) is 0 Å². The number of amides is 1. The zero-order valence-corrected chi connectivity index (χ0v) is 13.3. The molecule has 2 aromatic rings. The van der Waals surface area contributed by atoms with Gasteiger partial charge >= 0.3 is 0 Å². The van der Waals surface area contributed by atoms with Crippen molar-refractivity contribution < 1.29 is 4.79 Å². The number of hydrogen-bond acceptors (Lipinski definition) is 2. The first kappa shape index (κ1) is 15.1. The summed E-state index contributed by atoms with van der Waals surface area (Å²) in [4.78, 5) is 16.7. The van der Waals surface area contributed by atoms with Crippen molar-refractivity contribution in [3.63, 3.8) is 0 Å². The summed E-state index contributed by atoms with van der Waals surface area (Å²) in [5.74, 6) is 1.87. The first-order valence-corrected chi connectivity index (χ1v) is 8.48. The fourth-order valence-corrected chi connectivity index (χ4v) is 3.51. The second-order valence-corrected chi connectivity index (χ2v) is 6.23. The minimum Gasteiger partial charge on any atom is -0.349 e. The summed E-state index contributed by atoms with van der Waals surface area (Å²) in [7, 11) is 0. The molecule has 3 rings (SSSR count). The quantitative estimate of drug-likeness (QED) is 0.885. The van der Waals surface area contributed by atoms with Gasteiger partial charge in [0.05, 0.1) is 17.6 Å². The Kier molecular flexibility index (Phi) is 4.76. The molecule has 1 N–H and O–H groups in total. The van der Waals surface area contributed by atoms with Crippen LogP contribution in [-0.4, -0.2) is 15.5 Å². The van der Waals surface area contributed by atoms with Crippen molar-refractivity contribution in [2.45, 2.75) is 58.5 Å². The molecule has 0 unspecified atom stereocenters. The Morgan fingerprint density at radius 1 is 1.32 bits per heavy atom. The zero-order valence-electron chi connectivity index (χ0n) is 13.3. The topological polar surface area (TPSA) is 46.9 Å². The van der Waals surface area contributed by atoms with Gasteiger partial charge in [0.2, 0.25) is 5.91 Å². The molecule has 22 heavy (non-hydrogen) atoms. The van der Waals surface area contributed by atoms with Crippen LogP contribution in [-0.2, 0) is 17.9 Å². The van der Waals surface area contributed by atoms with E-state index in [1.54, 1.807) is 0 Å². The van der Waals surface area contributed by atoms with Gasteiger partial charge in [-0.05, 0) is 31.4 Å². The lowest BCUT2D eigenvalue weighted by molar-refractivity contribution is -0.121. The van der Waals surface area contributed by atoms with E-state index >= 15 is 0 Å². The lowest BCUT2D eigenvalue weighted by Crippen LogP contribution is -2.24. The van der Waals surface area contributed by atoms with Crippen molar-refractivity contribution in [3.05, 3.63) is 30.1 Å². The molecule has 1 aromatic heterocycles. The number of benzene rings is 1. The molecule has 0 saturated heterocycles. The number of rotatable bonds is 6. The lowest BCUT2D eigenvalue weighted by Gasteiger charge is -2.10. The van der Waals surface area contributed by atoms with E-state index in [9.17, 15) is 4.79 Å². The van der Waals surface area contributed by atoms with E-state index in [4.69, 9.17) is 0 Å². The summed E-state index contributed by atoms with van der Waals surface area (Å²) >= 11 is 0. The van der Waals surface area contributed by atoms with Gasteiger partial charge in [-0.1, -0.05) is 37.8 Å². The summed E-state index contributed by atoms with van der Waals surface area (Å²) in [6.45, 7) is 3.50. The highest BCUT2D eigenvalue weighted by atomic mass is 16.1. The molecular weight excluding hydrogens is 274 g/mol. The van der Waals surface area contributed by atoms with E-state index in [-0.39, 0.29) is 5.91 Å². The normalized spacial score (nSPS) is 15.5. The molecule has 0 atom stereocenters. The molecule has 1 fully saturated rings. The molecule has 1 aliphatic rings. The first-order chi connectivity index (χ1) is 10.8. The van der Waals surface area contributed by atoms with Crippen LogP contribution in [0.2, 0.25) is 0 Å². The maximum atomic E-state index is 12.0. The molecule has 1 aliphatic carbocycles. The van der Waals surface area contributed by atoms with Crippen molar-refractivity contribution in [3.8, 4) is 0 Å². The molecule has 118 valence electrons. The standard InChI is InChI=1S/C18H25N3O/c1-2-21-16-10-6-5-9-15(16)20-17(21)13-19-18(22)12-11-14-7-3-4-8-14/h5-6,9-10,14H,2-4,7-8,11-13H2,1H3,(H,19,22). The fourth-order valence-electron chi connectivity index (χ4n) is 3.51. The van der Waals surface area contributed by atoms with Gasteiger partial charge in [0.1, 0.15) is 5.82 Å². The lowest BCUT2D eigenvalue weighted by atomic mass is 10.0. The first-order valence-electron chi connectivity index (χ1n) is 8.48. The number of fused-ring (bicyclic) bond motifs is 1. The van der Waals surface area contributed by atoms with Gasteiger partial charge in [0.15, 0.2) is 0 Å². The molecule has 0 bridgehead atoms. The molecule has 0 aliphatic heterocycles. The third-order valence-corrected chi connectivity index (χ3v) is 4.75. The largest absolute Gasteiger partial charge is 0.349 e. The smallest absolute Gasteiger partial charge is 0.220 e. The molecule has 4 nitrogen and oxygen atoms in total. The maximum Gasteiger partial charge on any atom is 0.220 e. The Morgan fingerprint density at radius 2 is 2.09 bits per heavy atom. The highest BCUT2D eigenvalue weighted by Crippen LogP contribution is 2.28. The van der Waals surface area contributed by atoms with Crippen LogP contribution in [0, 0.1) is 5.92 Å². The number of hydrogen-bond donors (Lipinski definition) is 1. The van der Waals surface area contributed by atoms with Crippen molar-refractivity contribution in [2.24, 2.45) is 5.92 Å². The Labute approximate surface area is 131 Å². The monoisotopic (exact) mass is 299 g/mol. The van der Waals surface area contributed by atoms with Crippen LogP contribution < -0.4 is 5.32 Å². The van der Waals surface area contributed by atoms with Crippen molar-refractivity contribution in [1.29, 1.82) is 0 Å². The molecule has 4 heteroatoms. The molecule has 1 saturated carbocycles. The van der Waals surface area contributed by atoms with Gasteiger partial charge in [-0.3, -0.25) is 4.79 Å². The number of aromatic nitrogens is 2. The number of carbonyl (C=O) groups excluding carboxylic acids is 1. The Morgan fingerprint density at radius 3 is 2.86 bits per heavy atom. The highest BCUT2D eigenvalue weighted by molar-refractivity contribution is 5.77. The van der Waals surface area contributed by atoms with Crippen LogP contribution in [0.3, 0.4) is 0 Å². The number of nitrogens with one attached hydrogen (secondary N) is 1. The van der Waals surface area contributed by atoms with Gasteiger partial charge in [0.25, 0.3) is 0 Å². The summed E-state index contributed by atoms with van der Waals surface area (Å²) in [5.41, 5.74) is 2.14. The number of para-hydroxylation sites is 2. The molecule has 1 aromatic carbocycles. The maximum absolute atomic E-state index is 12.0. The summed E-state index contributed by atoms with van der Waals surface area (Å²) in [5, 5.41) is 3.04. The predicted molar refractivity (Wildman–Crippen MR) is 88.4 cm³/mol. The molecule has 0 radical (unpaired) electrons. The van der Waals surface area contributed by atoms with E-state index in [0.717, 1.165) is 35.7 Å². The Bertz CT molecular complexity index is 641. The Hall–Kier alpha value is -1.84. The van der Waals surface area contributed by atoms with E-state index in [0.29, 0.717) is 13.0 Å². The van der Waals surface area contributed by atoms with Gasteiger partial charge in [0, 0.05) is 13.0 Å². The zero-order chi connectivity index (χ0) is 15.4.